The fourth-order valence-corrected chi connectivity index (χ4v) is 5.01. The minimum Gasteiger partial charge on any atom is -0.492 e. The van der Waals surface area contributed by atoms with Crippen LogP contribution < -0.4 is 9.46 Å². The Bertz CT molecular complexity index is 1170. The first-order valence-corrected chi connectivity index (χ1v) is 10.3. The predicted octanol–water partition coefficient (Wildman–Crippen LogP) is 4.04. The Morgan fingerprint density at radius 3 is 2.77 bits per heavy atom. The molecule has 0 amide bonds. The lowest BCUT2D eigenvalue weighted by atomic mass is 10.2. The standard InChI is InChI=1S/C18H15N3O3S2/c1-2-24-14-9-10-16(12-6-5-11-19-17(12)14)26(22,23)21-18-20-13-7-3-4-8-15(13)25-18/h3-11H,2H2,1H3,(H,20,21). The number of hydrogen-bond acceptors (Lipinski definition) is 6. The molecular formula is C18H15N3O3S2. The molecule has 26 heavy (non-hydrogen) atoms. The van der Waals surface area contributed by atoms with Crippen LogP contribution in [0.5, 0.6) is 5.75 Å². The van der Waals surface area contributed by atoms with Crippen molar-refractivity contribution in [3.8, 4) is 5.75 Å². The van der Waals surface area contributed by atoms with Crippen LogP contribution in [0.3, 0.4) is 0 Å². The summed E-state index contributed by atoms with van der Waals surface area (Å²) in [4.78, 5) is 8.77. The van der Waals surface area contributed by atoms with Crippen molar-refractivity contribution in [2.45, 2.75) is 11.8 Å². The average Bonchev–Trinajstić information content (AvgIpc) is 3.03. The number of para-hydroxylation sites is 1. The van der Waals surface area contributed by atoms with Crippen molar-refractivity contribution >= 4 is 47.6 Å². The Balaban J connectivity index is 1.79. The van der Waals surface area contributed by atoms with Crippen LogP contribution in [0.2, 0.25) is 0 Å². The van der Waals surface area contributed by atoms with Gasteiger partial charge in [0.2, 0.25) is 0 Å². The Morgan fingerprint density at radius 2 is 1.96 bits per heavy atom. The van der Waals surface area contributed by atoms with Crippen LogP contribution in [0, 0.1) is 0 Å². The predicted molar refractivity (Wildman–Crippen MR) is 103 cm³/mol. The fraction of sp³-hybridized carbons (Fsp3) is 0.111. The van der Waals surface area contributed by atoms with Crippen molar-refractivity contribution in [3.05, 3.63) is 54.7 Å². The summed E-state index contributed by atoms with van der Waals surface area (Å²) in [5, 5.41) is 0.837. The molecule has 4 rings (SSSR count). The summed E-state index contributed by atoms with van der Waals surface area (Å²) >= 11 is 1.29. The van der Waals surface area contributed by atoms with Crippen LogP contribution >= 0.6 is 11.3 Å². The van der Waals surface area contributed by atoms with E-state index in [2.05, 4.69) is 14.7 Å². The van der Waals surface area contributed by atoms with Gasteiger partial charge in [0.1, 0.15) is 11.3 Å². The highest BCUT2D eigenvalue weighted by Crippen LogP contribution is 2.32. The van der Waals surface area contributed by atoms with Gasteiger partial charge in [0, 0.05) is 11.6 Å². The number of ether oxygens (including phenoxy) is 1. The van der Waals surface area contributed by atoms with Gasteiger partial charge in [-0.2, -0.15) is 0 Å². The number of rotatable bonds is 5. The first-order valence-electron chi connectivity index (χ1n) is 7.97. The van der Waals surface area contributed by atoms with E-state index in [1.54, 1.807) is 24.4 Å². The van der Waals surface area contributed by atoms with Gasteiger partial charge >= 0.3 is 0 Å². The molecule has 0 aliphatic rings. The molecule has 0 bridgehead atoms. The number of hydrogen-bond donors (Lipinski definition) is 1. The molecule has 0 radical (unpaired) electrons. The molecule has 0 aliphatic heterocycles. The second-order valence-electron chi connectivity index (χ2n) is 5.49. The zero-order chi connectivity index (χ0) is 18.1. The van der Waals surface area contributed by atoms with Crippen molar-refractivity contribution in [1.82, 2.24) is 9.97 Å². The van der Waals surface area contributed by atoms with E-state index < -0.39 is 10.0 Å². The molecule has 4 aromatic rings. The second-order valence-corrected chi connectivity index (χ2v) is 8.17. The number of aromatic nitrogens is 2. The van der Waals surface area contributed by atoms with Gasteiger partial charge < -0.3 is 4.74 Å². The first-order chi connectivity index (χ1) is 12.6. The number of pyridine rings is 1. The molecule has 1 N–H and O–H groups in total. The van der Waals surface area contributed by atoms with Crippen molar-refractivity contribution in [3.63, 3.8) is 0 Å². The maximum absolute atomic E-state index is 12.9. The third-order valence-electron chi connectivity index (χ3n) is 3.80. The van der Waals surface area contributed by atoms with Crippen LogP contribution in [-0.4, -0.2) is 25.0 Å². The highest BCUT2D eigenvalue weighted by atomic mass is 32.2. The van der Waals surface area contributed by atoms with E-state index in [4.69, 9.17) is 4.74 Å². The van der Waals surface area contributed by atoms with E-state index in [0.717, 1.165) is 10.2 Å². The van der Waals surface area contributed by atoms with Gasteiger partial charge in [0.25, 0.3) is 10.0 Å². The van der Waals surface area contributed by atoms with E-state index in [-0.39, 0.29) is 4.90 Å². The van der Waals surface area contributed by atoms with Gasteiger partial charge in [-0.1, -0.05) is 23.5 Å². The van der Waals surface area contributed by atoms with Gasteiger partial charge in [0.15, 0.2) is 5.13 Å². The molecular weight excluding hydrogens is 370 g/mol. The number of anilines is 1. The Morgan fingerprint density at radius 1 is 1.12 bits per heavy atom. The number of sulfonamides is 1. The molecule has 2 heterocycles. The van der Waals surface area contributed by atoms with Gasteiger partial charge in [-0.05, 0) is 43.3 Å². The Kier molecular flexibility index (Phi) is 4.21. The second kappa shape index (κ2) is 6.54. The van der Waals surface area contributed by atoms with Gasteiger partial charge in [-0.25, -0.2) is 13.4 Å². The Labute approximate surface area is 154 Å². The van der Waals surface area contributed by atoms with Crippen LogP contribution in [0.1, 0.15) is 6.92 Å². The smallest absolute Gasteiger partial charge is 0.264 e. The largest absolute Gasteiger partial charge is 0.492 e. The Hall–Kier alpha value is -2.71. The monoisotopic (exact) mass is 385 g/mol. The molecule has 0 unspecified atom stereocenters. The SMILES string of the molecule is CCOc1ccc(S(=O)(=O)Nc2nc3ccccc3s2)c2cccnc12. The summed E-state index contributed by atoms with van der Waals surface area (Å²) in [6.45, 7) is 2.34. The quantitative estimate of drug-likeness (QED) is 0.561. The minimum absolute atomic E-state index is 0.142. The number of benzene rings is 2. The van der Waals surface area contributed by atoms with E-state index in [0.29, 0.717) is 28.4 Å². The number of nitrogens with zero attached hydrogens (tertiary/aromatic N) is 2. The summed E-state index contributed by atoms with van der Waals surface area (Å²) in [5.74, 6) is 0.557. The van der Waals surface area contributed by atoms with Gasteiger partial charge in [-0.3, -0.25) is 9.71 Å². The molecule has 132 valence electrons. The van der Waals surface area contributed by atoms with Crippen LogP contribution in [0.15, 0.2) is 59.6 Å². The normalized spacial score (nSPS) is 11.7. The van der Waals surface area contributed by atoms with Crippen LogP contribution in [-0.2, 0) is 10.0 Å². The average molecular weight is 385 g/mol. The molecule has 2 aromatic carbocycles. The summed E-state index contributed by atoms with van der Waals surface area (Å²) in [6, 6.07) is 14.1. The molecule has 0 fully saturated rings. The summed E-state index contributed by atoms with van der Waals surface area (Å²) in [5.41, 5.74) is 1.27. The molecule has 8 heteroatoms. The third-order valence-corrected chi connectivity index (χ3v) is 6.28. The molecule has 0 saturated carbocycles. The van der Waals surface area contributed by atoms with E-state index in [1.165, 1.54) is 17.4 Å². The highest BCUT2D eigenvalue weighted by Gasteiger charge is 2.21. The maximum Gasteiger partial charge on any atom is 0.264 e. The zero-order valence-electron chi connectivity index (χ0n) is 13.8. The first kappa shape index (κ1) is 16.7. The van der Waals surface area contributed by atoms with E-state index in [1.807, 2.05) is 31.2 Å². The minimum atomic E-state index is -3.82. The summed E-state index contributed by atoms with van der Waals surface area (Å²) in [7, 11) is -3.82. The summed E-state index contributed by atoms with van der Waals surface area (Å²) < 4.78 is 35.0. The fourth-order valence-electron chi connectivity index (χ4n) is 2.71. The van der Waals surface area contributed by atoms with Crippen molar-refractivity contribution < 1.29 is 13.2 Å². The molecule has 0 aliphatic carbocycles. The molecule has 0 atom stereocenters. The lowest BCUT2D eigenvalue weighted by molar-refractivity contribution is 0.343. The highest BCUT2D eigenvalue weighted by molar-refractivity contribution is 7.93. The topological polar surface area (TPSA) is 81.2 Å². The van der Waals surface area contributed by atoms with E-state index >= 15 is 0 Å². The lowest BCUT2D eigenvalue weighted by Gasteiger charge is -2.11. The molecule has 2 aromatic heterocycles. The number of thiazole rings is 1. The van der Waals surface area contributed by atoms with Crippen molar-refractivity contribution in [1.29, 1.82) is 0 Å². The van der Waals surface area contributed by atoms with Crippen molar-refractivity contribution in [2.24, 2.45) is 0 Å². The van der Waals surface area contributed by atoms with Crippen molar-refractivity contribution in [2.75, 3.05) is 11.3 Å². The summed E-state index contributed by atoms with van der Waals surface area (Å²) in [6.07, 6.45) is 1.61. The molecule has 6 nitrogen and oxygen atoms in total. The van der Waals surface area contributed by atoms with Crippen LogP contribution in [0.4, 0.5) is 5.13 Å². The zero-order valence-corrected chi connectivity index (χ0v) is 15.5. The van der Waals surface area contributed by atoms with Gasteiger partial charge in [0.05, 0.1) is 21.7 Å². The maximum atomic E-state index is 12.9. The van der Waals surface area contributed by atoms with Gasteiger partial charge in [-0.15, -0.1) is 0 Å². The molecule has 0 saturated heterocycles. The van der Waals surface area contributed by atoms with E-state index in [9.17, 15) is 8.42 Å². The number of fused-ring (bicyclic) bond motifs is 2. The number of nitrogens with one attached hydrogen (secondary N) is 1. The third kappa shape index (κ3) is 2.97. The van der Waals surface area contributed by atoms with Crippen LogP contribution in [0.25, 0.3) is 21.1 Å². The molecule has 0 spiro atoms. The lowest BCUT2D eigenvalue weighted by Crippen LogP contribution is -2.13.